The van der Waals surface area contributed by atoms with Crippen molar-refractivity contribution in [3.05, 3.63) is 0 Å². The maximum absolute atomic E-state index is 10.9. The van der Waals surface area contributed by atoms with Gasteiger partial charge < -0.3 is 14.8 Å². The Morgan fingerprint density at radius 1 is 1.33 bits per heavy atom. The summed E-state index contributed by atoms with van der Waals surface area (Å²) in [5.41, 5.74) is 0. The predicted octanol–water partition coefficient (Wildman–Crippen LogP) is 1.03. The fourth-order valence-electron chi connectivity index (χ4n) is 0.825. The lowest BCUT2D eigenvalue weighted by molar-refractivity contribution is 0.145. The van der Waals surface area contributed by atoms with Crippen LogP contribution in [0.2, 0.25) is 0 Å². The third kappa shape index (κ3) is 9.42. The Hall–Kier alpha value is -0.880. The lowest BCUT2D eigenvalue weighted by Crippen LogP contribution is -2.40. The number of nitrogens with one attached hydrogen (secondary N) is 2. The molecule has 0 saturated carbocycles. The van der Waals surface area contributed by atoms with Crippen molar-refractivity contribution < 1.29 is 14.3 Å². The summed E-state index contributed by atoms with van der Waals surface area (Å²) in [7, 11) is 0. The highest BCUT2D eigenvalue weighted by molar-refractivity contribution is 7.80. The highest BCUT2D eigenvalue weighted by Crippen LogP contribution is 1.81. The second kappa shape index (κ2) is 9.67. The SMILES string of the molecule is CCOCCCNC(=S)NC(=O)OCC. The Morgan fingerprint density at radius 2 is 2.07 bits per heavy atom. The molecule has 0 aliphatic rings. The van der Waals surface area contributed by atoms with Crippen molar-refractivity contribution in [1.82, 2.24) is 10.6 Å². The molecule has 88 valence electrons. The van der Waals surface area contributed by atoms with E-state index in [0.717, 1.165) is 6.42 Å². The minimum atomic E-state index is -0.528. The zero-order valence-corrected chi connectivity index (χ0v) is 9.99. The van der Waals surface area contributed by atoms with Crippen LogP contribution in [0.4, 0.5) is 4.79 Å². The van der Waals surface area contributed by atoms with Gasteiger partial charge in [0.1, 0.15) is 0 Å². The molecule has 0 fully saturated rings. The third-order valence-electron chi connectivity index (χ3n) is 1.45. The van der Waals surface area contributed by atoms with Gasteiger partial charge in [-0.1, -0.05) is 0 Å². The maximum atomic E-state index is 10.9. The summed E-state index contributed by atoms with van der Waals surface area (Å²) in [5.74, 6) is 0. The molecule has 6 heteroatoms. The van der Waals surface area contributed by atoms with Crippen molar-refractivity contribution in [2.75, 3.05) is 26.4 Å². The standard InChI is InChI=1S/C9H18N2O3S/c1-3-13-7-5-6-10-8(15)11-9(12)14-4-2/h3-7H2,1-2H3,(H2,10,11,12,15). The van der Waals surface area contributed by atoms with Crippen LogP contribution in [0.25, 0.3) is 0 Å². The van der Waals surface area contributed by atoms with E-state index < -0.39 is 6.09 Å². The van der Waals surface area contributed by atoms with E-state index in [9.17, 15) is 4.79 Å². The molecule has 0 spiro atoms. The molecule has 0 rings (SSSR count). The minimum absolute atomic E-state index is 0.282. The summed E-state index contributed by atoms with van der Waals surface area (Å²) in [6.07, 6.45) is 0.318. The monoisotopic (exact) mass is 234 g/mol. The van der Waals surface area contributed by atoms with Gasteiger partial charge in [-0.2, -0.15) is 0 Å². The number of alkyl carbamates (subject to hydrolysis) is 1. The van der Waals surface area contributed by atoms with Gasteiger partial charge >= 0.3 is 6.09 Å². The Kier molecular flexibility index (Phi) is 9.10. The zero-order chi connectivity index (χ0) is 11.5. The lowest BCUT2D eigenvalue weighted by Gasteiger charge is -2.08. The van der Waals surface area contributed by atoms with Crippen molar-refractivity contribution in [2.45, 2.75) is 20.3 Å². The molecule has 0 aromatic carbocycles. The largest absolute Gasteiger partial charge is 0.450 e. The van der Waals surface area contributed by atoms with Crippen LogP contribution in [0.1, 0.15) is 20.3 Å². The van der Waals surface area contributed by atoms with Gasteiger partial charge in [-0.15, -0.1) is 0 Å². The summed E-state index contributed by atoms with van der Waals surface area (Å²) in [5, 5.41) is 5.54. The highest BCUT2D eigenvalue weighted by Gasteiger charge is 2.02. The smallest absolute Gasteiger partial charge is 0.413 e. The predicted molar refractivity (Wildman–Crippen MR) is 61.9 cm³/mol. The van der Waals surface area contributed by atoms with Crippen LogP contribution < -0.4 is 10.6 Å². The summed E-state index contributed by atoms with van der Waals surface area (Å²) >= 11 is 4.86. The molecule has 1 amide bonds. The van der Waals surface area contributed by atoms with E-state index in [1.54, 1.807) is 6.92 Å². The molecule has 0 aromatic heterocycles. The first-order valence-corrected chi connectivity index (χ1v) is 5.40. The number of rotatable bonds is 6. The molecule has 5 nitrogen and oxygen atoms in total. The van der Waals surface area contributed by atoms with E-state index in [1.165, 1.54) is 0 Å². The molecule has 0 radical (unpaired) electrons. The van der Waals surface area contributed by atoms with Crippen LogP contribution >= 0.6 is 12.2 Å². The number of thiocarbonyl (C=S) groups is 1. The van der Waals surface area contributed by atoms with Gasteiger partial charge in [0.15, 0.2) is 5.11 Å². The third-order valence-corrected chi connectivity index (χ3v) is 1.69. The van der Waals surface area contributed by atoms with Crippen LogP contribution in [0.15, 0.2) is 0 Å². The van der Waals surface area contributed by atoms with E-state index in [1.807, 2.05) is 6.92 Å². The van der Waals surface area contributed by atoms with Gasteiger partial charge in [0.25, 0.3) is 0 Å². The Morgan fingerprint density at radius 3 is 2.67 bits per heavy atom. The molecular formula is C9H18N2O3S. The van der Waals surface area contributed by atoms with Gasteiger partial charge in [0.05, 0.1) is 6.61 Å². The normalized spacial score (nSPS) is 9.47. The van der Waals surface area contributed by atoms with Gasteiger partial charge in [-0.3, -0.25) is 5.32 Å². The Labute approximate surface area is 95.5 Å². The first-order valence-electron chi connectivity index (χ1n) is 5.00. The van der Waals surface area contributed by atoms with Gasteiger partial charge in [0.2, 0.25) is 0 Å². The molecule has 0 aliphatic carbocycles. The summed E-state index contributed by atoms with van der Waals surface area (Å²) < 4.78 is 9.79. The van der Waals surface area contributed by atoms with Crippen molar-refractivity contribution in [3.63, 3.8) is 0 Å². The fourth-order valence-corrected chi connectivity index (χ4v) is 1.01. The summed E-state index contributed by atoms with van der Waals surface area (Å²) in [6.45, 7) is 6.08. The molecule has 0 heterocycles. The molecule has 15 heavy (non-hydrogen) atoms. The molecule has 2 N–H and O–H groups in total. The Bertz CT molecular complexity index is 200. The highest BCUT2D eigenvalue weighted by atomic mass is 32.1. The molecule has 0 unspecified atom stereocenters. The van der Waals surface area contributed by atoms with Gasteiger partial charge in [-0.25, -0.2) is 4.79 Å². The quantitative estimate of drug-likeness (QED) is 0.531. The van der Waals surface area contributed by atoms with E-state index in [4.69, 9.17) is 17.0 Å². The van der Waals surface area contributed by atoms with Crippen LogP contribution in [-0.2, 0) is 9.47 Å². The first-order chi connectivity index (χ1) is 7.20. The van der Waals surface area contributed by atoms with Crippen LogP contribution in [0.3, 0.4) is 0 Å². The molecule has 0 aliphatic heterocycles. The summed E-state index contributed by atoms with van der Waals surface area (Å²) in [4.78, 5) is 10.9. The van der Waals surface area contributed by atoms with Gasteiger partial charge in [0, 0.05) is 19.8 Å². The van der Waals surface area contributed by atoms with Crippen molar-refractivity contribution in [1.29, 1.82) is 0 Å². The molecular weight excluding hydrogens is 216 g/mol. The average Bonchev–Trinajstić information content (AvgIpc) is 2.17. The number of carbonyl (C=O) groups is 1. The van der Waals surface area contributed by atoms with Crippen molar-refractivity contribution in [2.24, 2.45) is 0 Å². The summed E-state index contributed by atoms with van der Waals surface area (Å²) in [6, 6.07) is 0. The van der Waals surface area contributed by atoms with Crippen molar-refractivity contribution in [3.8, 4) is 0 Å². The number of hydrogen-bond donors (Lipinski definition) is 2. The van der Waals surface area contributed by atoms with E-state index >= 15 is 0 Å². The van der Waals surface area contributed by atoms with Crippen LogP contribution in [0.5, 0.6) is 0 Å². The van der Waals surface area contributed by atoms with Crippen molar-refractivity contribution >= 4 is 23.4 Å². The number of ether oxygens (including phenoxy) is 2. The molecule has 0 atom stereocenters. The van der Waals surface area contributed by atoms with Gasteiger partial charge in [-0.05, 0) is 32.5 Å². The molecule has 0 saturated heterocycles. The average molecular weight is 234 g/mol. The van der Waals surface area contributed by atoms with E-state index in [-0.39, 0.29) is 5.11 Å². The van der Waals surface area contributed by atoms with E-state index in [2.05, 4.69) is 15.4 Å². The lowest BCUT2D eigenvalue weighted by atomic mass is 10.4. The number of amides is 1. The maximum Gasteiger partial charge on any atom is 0.413 e. The molecule has 0 bridgehead atoms. The van der Waals surface area contributed by atoms with E-state index in [0.29, 0.717) is 26.4 Å². The Balaban J connectivity index is 3.37. The number of carbonyl (C=O) groups excluding carboxylic acids is 1. The molecule has 0 aromatic rings. The van der Waals surface area contributed by atoms with Crippen LogP contribution in [0, 0.1) is 0 Å². The minimum Gasteiger partial charge on any atom is -0.450 e. The second-order valence-corrected chi connectivity index (χ2v) is 3.06. The van der Waals surface area contributed by atoms with Crippen LogP contribution in [-0.4, -0.2) is 37.6 Å². The topological polar surface area (TPSA) is 59.6 Å². The second-order valence-electron chi connectivity index (χ2n) is 2.65. The zero-order valence-electron chi connectivity index (χ0n) is 9.17. The number of hydrogen-bond acceptors (Lipinski definition) is 4. The fraction of sp³-hybridized carbons (Fsp3) is 0.778. The first kappa shape index (κ1) is 14.1.